The zero-order valence-corrected chi connectivity index (χ0v) is 26.3. The monoisotopic (exact) mass is 665 g/mol. The van der Waals surface area contributed by atoms with Crippen LogP contribution in [0.5, 0.6) is 17.2 Å². The molecule has 4 rings (SSSR count). The van der Waals surface area contributed by atoms with Crippen molar-refractivity contribution in [1.82, 2.24) is 5.32 Å². The predicted octanol–water partition coefficient (Wildman–Crippen LogP) is 6.87. The van der Waals surface area contributed by atoms with Gasteiger partial charge in [-0.2, -0.15) is 13.2 Å². The van der Waals surface area contributed by atoms with Gasteiger partial charge in [0.1, 0.15) is 5.70 Å². The fraction of sp³-hybridized carbons (Fsp3) is 0.147. The molecular weight excluding hydrogens is 635 g/mol. The zero-order valence-electron chi connectivity index (χ0n) is 25.4. The summed E-state index contributed by atoms with van der Waals surface area (Å²) in [7, 11) is 4.37. The summed E-state index contributed by atoms with van der Waals surface area (Å²) in [4.78, 5) is 39.7. The molecule has 9 nitrogen and oxygen atoms in total. The first-order valence-electron chi connectivity index (χ1n) is 13.9. The minimum atomic E-state index is -4.53. The Morgan fingerprint density at radius 2 is 1.40 bits per heavy atom. The number of benzene rings is 4. The van der Waals surface area contributed by atoms with Crippen LogP contribution in [0.1, 0.15) is 21.5 Å². The topological polar surface area (TPSA) is 115 Å². The van der Waals surface area contributed by atoms with Gasteiger partial charge in [-0.1, -0.05) is 30.3 Å². The maximum absolute atomic E-state index is 13.6. The first kappa shape index (κ1) is 34.4. The molecule has 0 atom stereocenters. The van der Waals surface area contributed by atoms with E-state index in [1.165, 1.54) is 39.5 Å². The van der Waals surface area contributed by atoms with E-state index >= 15 is 0 Å². The van der Waals surface area contributed by atoms with Crippen LogP contribution in [0.4, 0.5) is 24.5 Å². The third-order valence-corrected chi connectivity index (χ3v) is 7.46. The molecular formula is C34H30F3N3O6S. The second kappa shape index (κ2) is 15.7. The Hall–Kier alpha value is -5.43. The highest BCUT2D eigenvalue weighted by Gasteiger charge is 2.30. The summed E-state index contributed by atoms with van der Waals surface area (Å²) < 4.78 is 55.2. The highest BCUT2D eigenvalue weighted by Crippen LogP contribution is 2.39. The number of amides is 3. The van der Waals surface area contributed by atoms with Crippen LogP contribution in [-0.4, -0.2) is 44.8 Å². The molecule has 0 saturated heterocycles. The summed E-state index contributed by atoms with van der Waals surface area (Å²) in [5.41, 5.74) is 0.224. The number of methoxy groups -OCH3 is 3. The van der Waals surface area contributed by atoms with Crippen LogP contribution in [0, 0.1) is 0 Å². The maximum atomic E-state index is 13.6. The van der Waals surface area contributed by atoms with Crippen LogP contribution in [0.15, 0.2) is 102 Å². The number of rotatable bonds is 12. The average molecular weight is 666 g/mol. The molecule has 0 saturated carbocycles. The summed E-state index contributed by atoms with van der Waals surface area (Å²) in [6, 6.07) is 22.6. The van der Waals surface area contributed by atoms with Gasteiger partial charge in [-0.25, -0.2) is 0 Å². The smallest absolute Gasteiger partial charge is 0.416 e. The summed E-state index contributed by atoms with van der Waals surface area (Å²) in [5.74, 6) is -0.744. The summed E-state index contributed by atoms with van der Waals surface area (Å²) in [6.45, 7) is 0. The van der Waals surface area contributed by atoms with Crippen molar-refractivity contribution in [2.75, 3.05) is 37.7 Å². The van der Waals surface area contributed by atoms with Crippen molar-refractivity contribution >= 4 is 46.9 Å². The Morgan fingerprint density at radius 3 is 2.02 bits per heavy atom. The number of anilines is 2. The fourth-order valence-electron chi connectivity index (χ4n) is 4.28. The molecule has 13 heteroatoms. The van der Waals surface area contributed by atoms with E-state index in [9.17, 15) is 27.6 Å². The van der Waals surface area contributed by atoms with Gasteiger partial charge in [-0.05, 0) is 72.3 Å². The SMILES string of the molecule is COc1cc(/C=C(/NC(=O)c2ccccc2)C(=O)Nc2cccc(SCC(=O)Nc3cccc(C(F)(F)F)c3)c2)cc(OC)c1OC. The molecule has 0 unspecified atom stereocenters. The van der Waals surface area contributed by atoms with Crippen molar-refractivity contribution in [3.8, 4) is 17.2 Å². The van der Waals surface area contributed by atoms with E-state index in [4.69, 9.17) is 14.2 Å². The van der Waals surface area contributed by atoms with Gasteiger partial charge >= 0.3 is 6.18 Å². The third kappa shape index (κ3) is 9.53. The van der Waals surface area contributed by atoms with E-state index in [-0.39, 0.29) is 17.1 Å². The van der Waals surface area contributed by atoms with Crippen molar-refractivity contribution in [1.29, 1.82) is 0 Å². The molecule has 3 N–H and O–H groups in total. The average Bonchev–Trinajstić information content (AvgIpc) is 3.06. The number of halogens is 3. The fourth-order valence-corrected chi connectivity index (χ4v) is 5.03. The Labute approximate surface area is 273 Å². The number of hydrogen-bond acceptors (Lipinski definition) is 7. The Morgan fingerprint density at radius 1 is 0.766 bits per heavy atom. The molecule has 0 bridgehead atoms. The quantitative estimate of drug-likeness (QED) is 0.112. The van der Waals surface area contributed by atoms with Crippen LogP contribution >= 0.6 is 11.8 Å². The Balaban J connectivity index is 1.52. The van der Waals surface area contributed by atoms with E-state index in [0.29, 0.717) is 39.0 Å². The van der Waals surface area contributed by atoms with Gasteiger partial charge in [0, 0.05) is 21.8 Å². The van der Waals surface area contributed by atoms with E-state index < -0.39 is 29.5 Å². The van der Waals surface area contributed by atoms with Crippen LogP contribution in [0.3, 0.4) is 0 Å². The number of nitrogens with one attached hydrogen (secondary N) is 3. The van der Waals surface area contributed by atoms with Crippen molar-refractivity contribution in [3.63, 3.8) is 0 Å². The van der Waals surface area contributed by atoms with E-state index in [2.05, 4.69) is 16.0 Å². The number of thioether (sulfide) groups is 1. The minimum Gasteiger partial charge on any atom is -0.493 e. The molecule has 4 aromatic rings. The molecule has 0 aliphatic rings. The number of alkyl halides is 3. The number of ether oxygens (including phenoxy) is 3. The highest BCUT2D eigenvalue weighted by atomic mass is 32.2. The van der Waals surface area contributed by atoms with Crippen molar-refractivity contribution < 1.29 is 41.8 Å². The lowest BCUT2D eigenvalue weighted by Crippen LogP contribution is -2.30. The second-order valence-electron chi connectivity index (χ2n) is 9.73. The molecule has 244 valence electrons. The first-order chi connectivity index (χ1) is 22.5. The first-order valence-corrected chi connectivity index (χ1v) is 14.9. The molecule has 47 heavy (non-hydrogen) atoms. The maximum Gasteiger partial charge on any atom is 0.416 e. The molecule has 0 heterocycles. The van der Waals surface area contributed by atoms with Gasteiger partial charge < -0.3 is 30.2 Å². The highest BCUT2D eigenvalue weighted by molar-refractivity contribution is 8.00. The number of carbonyl (C=O) groups is 3. The molecule has 0 aliphatic heterocycles. The van der Waals surface area contributed by atoms with Gasteiger partial charge in [0.05, 0.1) is 32.6 Å². The number of carbonyl (C=O) groups excluding carboxylic acids is 3. The van der Waals surface area contributed by atoms with Crippen molar-refractivity contribution in [2.45, 2.75) is 11.1 Å². The lowest BCUT2D eigenvalue weighted by molar-refractivity contribution is -0.137. The molecule has 0 radical (unpaired) electrons. The number of hydrogen-bond donors (Lipinski definition) is 3. The standard InChI is InChI=1S/C34H30F3N3O6S/c1-44-28-16-21(17-29(45-2)31(28)46-3)15-27(40-32(42)22-9-5-4-6-10-22)33(43)39-25-13-8-14-26(19-25)47-20-30(41)38-24-12-7-11-23(18-24)34(35,36)37/h4-19H,20H2,1-3H3,(H,38,41)(H,39,43)(H,40,42)/b27-15+. The summed E-state index contributed by atoms with van der Waals surface area (Å²) >= 11 is 1.12. The van der Waals surface area contributed by atoms with Gasteiger partial charge in [-0.15, -0.1) is 11.8 Å². The van der Waals surface area contributed by atoms with Crippen molar-refractivity contribution in [2.24, 2.45) is 0 Å². The Kier molecular flexibility index (Phi) is 11.5. The van der Waals surface area contributed by atoms with Gasteiger partial charge in [0.15, 0.2) is 11.5 Å². The van der Waals surface area contributed by atoms with E-state index in [0.717, 1.165) is 23.9 Å². The molecule has 0 aromatic heterocycles. The van der Waals surface area contributed by atoms with Crippen LogP contribution in [-0.2, 0) is 15.8 Å². The largest absolute Gasteiger partial charge is 0.493 e. The third-order valence-electron chi connectivity index (χ3n) is 6.46. The van der Waals surface area contributed by atoms with E-state index in [1.807, 2.05) is 0 Å². The summed E-state index contributed by atoms with van der Waals surface area (Å²) in [6.07, 6.45) is -3.08. The van der Waals surface area contributed by atoms with Crippen LogP contribution < -0.4 is 30.2 Å². The van der Waals surface area contributed by atoms with Gasteiger partial charge in [0.2, 0.25) is 11.7 Å². The molecule has 4 aromatic carbocycles. The normalized spacial score (nSPS) is 11.3. The molecule has 3 amide bonds. The predicted molar refractivity (Wildman–Crippen MR) is 174 cm³/mol. The minimum absolute atomic E-state index is 0.0235. The van der Waals surface area contributed by atoms with E-state index in [1.54, 1.807) is 66.7 Å². The van der Waals surface area contributed by atoms with Gasteiger partial charge in [-0.3, -0.25) is 14.4 Å². The molecule has 0 fully saturated rings. The Bertz CT molecular complexity index is 1760. The summed E-state index contributed by atoms with van der Waals surface area (Å²) in [5, 5.41) is 7.88. The second-order valence-corrected chi connectivity index (χ2v) is 10.8. The van der Waals surface area contributed by atoms with Crippen LogP contribution in [0.25, 0.3) is 6.08 Å². The molecule has 0 spiro atoms. The lowest BCUT2D eigenvalue weighted by atomic mass is 10.1. The van der Waals surface area contributed by atoms with Crippen molar-refractivity contribution in [3.05, 3.63) is 113 Å². The van der Waals surface area contributed by atoms with Gasteiger partial charge in [0.25, 0.3) is 11.8 Å². The molecule has 0 aliphatic carbocycles. The van der Waals surface area contributed by atoms with Crippen LogP contribution in [0.2, 0.25) is 0 Å². The lowest BCUT2D eigenvalue weighted by Gasteiger charge is -2.15. The zero-order chi connectivity index (χ0) is 34.0.